The fraction of sp³-hybridized carbons (Fsp3) is 0.250. The van der Waals surface area contributed by atoms with Crippen LogP contribution in [0.4, 0.5) is 0 Å². The van der Waals surface area contributed by atoms with E-state index in [1.54, 1.807) is 6.08 Å². The van der Waals surface area contributed by atoms with E-state index in [1.807, 2.05) is 0 Å². The van der Waals surface area contributed by atoms with Crippen molar-refractivity contribution in [2.45, 2.75) is 3.74 Å². The van der Waals surface area contributed by atoms with Crippen molar-refractivity contribution in [3.63, 3.8) is 0 Å². The fourth-order valence-electron chi connectivity index (χ4n) is 0.0891. The summed E-state index contributed by atoms with van der Waals surface area (Å²) >= 11 is 6.39. The minimum absolute atomic E-state index is 0.225. The second-order valence-electron chi connectivity index (χ2n) is 0.705. The van der Waals surface area contributed by atoms with Gasteiger partial charge in [0, 0.05) is 0 Å². The Balaban J connectivity index is 3.29. The maximum absolute atomic E-state index is 3.36. The Labute approximate surface area is 54.2 Å². The van der Waals surface area contributed by atoms with Crippen LogP contribution in [0, 0.1) is 0 Å². The molecule has 0 heterocycles. The molecule has 0 N–H and O–H groups in total. The van der Waals surface area contributed by atoms with E-state index in [2.05, 4.69) is 44.2 Å². The van der Waals surface area contributed by atoms with Gasteiger partial charge in [-0.1, -0.05) is 38.4 Å². The van der Waals surface area contributed by atoms with Gasteiger partial charge in [0.15, 0.2) is 0 Å². The van der Waals surface area contributed by atoms with Gasteiger partial charge in [-0.25, -0.2) is 0 Å². The molecule has 0 spiro atoms. The minimum Gasteiger partial charge on any atom is -0.131 e. The lowest BCUT2D eigenvalue weighted by Gasteiger charge is -1.78. The normalized spacial score (nSPS) is 7.83. The molecule has 0 saturated heterocycles. The van der Waals surface area contributed by atoms with Gasteiger partial charge in [-0.15, -0.1) is 5.73 Å². The van der Waals surface area contributed by atoms with Crippen LogP contribution in [0.25, 0.3) is 0 Å². The first-order chi connectivity index (χ1) is 2.77. The molecule has 0 bridgehead atoms. The third kappa shape index (κ3) is 4.48. The molecule has 0 nitrogen and oxygen atoms in total. The SMILES string of the molecule is C=C=CC(Br)Br. The van der Waals surface area contributed by atoms with E-state index in [0.717, 1.165) is 0 Å². The number of hydrogen-bond donors (Lipinski definition) is 0. The van der Waals surface area contributed by atoms with Crippen molar-refractivity contribution in [3.05, 3.63) is 18.4 Å². The summed E-state index contributed by atoms with van der Waals surface area (Å²) in [4.78, 5) is 0. The van der Waals surface area contributed by atoms with E-state index >= 15 is 0 Å². The van der Waals surface area contributed by atoms with E-state index in [0.29, 0.717) is 0 Å². The Hall–Kier alpha value is 0.480. The smallest absolute Gasteiger partial charge is 0.0950 e. The summed E-state index contributed by atoms with van der Waals surface area (Å²) < 4.78 is 0.225. The second-order valence-corrected chi connectivity index (χ2v) is 3.91. The molecule has 2 heteroatoms. The largest absolute Gasteiger partial charge is 0.131 e. The zero-order chi connectivity index (χ0) is 4.99. The van der Waals surface area contributed by atoms with Gasteiger partial charge in [0.25, 0.3) is 0 Å². The average Bonchev–Trinajstić information content (AvgIpc) is 1.35. The van der Waals surface area contributed by atoms with Crippen LogP contribution in [-0.4, -0.2) is 3.74 Å². The van der Waals surface area contributed by atoms with Crippen molar-refractivity contribution in [1.82, 2.24) is 0 Å². The summed E-state index contributed by atoms with van der Waals surface area (Å²) in [6, 6.07) is 0. The Morgan fingerprint density at radius 3 is 2.17 bits per heavy atom. The summed E-state index contributed by atoms with van der Waals surface area (Å²) in [6.07, 6.45) is 1.76. The van der Waals surface area contributed by atoms with E-state index in [9.17, 15) is 0 Å². The minimum atomic E-state index is 0.225. The quantitative estimate of drug-likeness (QED) is 0.462. The number of rotatable bonds is 1. The molecule has 0 saturated carbocycles. The first-order valence-electron chi connectivity index (χ1n) is 1.41. The van der Waals surface area contributed by atoms with Crippen LogP contribution in [0.3, 0.4) is 0 Å². The number of allylic oxidation sites excluding steroid dienone is 1. The zero-order valence-corrected chi connectivity index (χ0v) is 6.29. The lowest BCUT2D eigenvalue weighted by Crippen LogP contribution is -1.67. The molecule has 0 aliphatic heterocycles. The predicted molar refractivity (Wildman–Crippen MR) is 35.4 cm³/mol. The highest BCUT2D eigenvalue weighted by atomic mass is 79.9. The maximum Gasteiger partial charge on any atom is 0.0950 e. The Morgan fingerprint density at radius 2 is 2.17 bits per heavy atom. The van der Waals surface area contributed by atoms with Crippen molar-refractivity contribution >= 4 is 31.9 Å². The first kappa shape index (κ1) is 6.48. The number of hydrogen-bond acceptors (Lipinski definition) is 0. The van der Waals surface area contributed by atoms with Crippen LogP contribution in [-0.2, 0) is 0 Å². The maximum atomic E-state index is 3.36. The monoisotopic (exact) mass is 210 g/mol. The molecular formula is C4H4Br2. The summed E-state index contributed by atoms with van der Waals surface area (Å²) in [5.41, 5.74) is 2.60. The summed E-state index contributed by atoms with van der Waals surface area (Å²) in [6.45, 7) is 3.36. The molecule has 0 fully saturated rings. The Bertz CT molecular complexity index is 69.6. The molecule has 0 aliphatic rings. The fourth-order valence-corrected chi connectivity index (χ4v) is 0.463. The molecule has 0 radical (unpaired) electrons. The van der Waals surface area contributed by atoms with Crippen molar-refractivity contribution < 1.29 is 0 Å². The van der Waals surface area contributed by atoms with Gasteiger partial charge >= 0.3 is 0 Å². The van der Waals surface area contributed by atoms with Crippen LogP contribution >= 0.6 is 31.9 Å². The van der Waals surface area contributed by atoms with E-state index in [4.69, 9.17) is 0 Å². The number of halogens is 2. The standard InChI is InChI=1S/C4H4Br2/c1-2-3-4(5)6/h3-4H,1H2. The van der Waals surface area contributed by atoms with Crippen molar-refractivity contribution in [1.29, 1.82) is 0 Å². The van der Waals surface area contributed by atoms with Crippen LogP contribution in [0.5, 0.6) is 0 Å². The topological polar surface area (TPSA) is 0 Å². The highest BCUT2D eigenvalue weighted by molar-refractivity contribution is 9.24. The molecule has 0 amide bonds. The van der Waals surface area contributed by atoms with Gasteiger partial charge in [-0.05, 0) is 6.08 Å². The van der Waals surface area contributed by atoms with E-state index < -0.39 is 0 Å². The summed E-state index contributed by atoms with van der Waals surface area (Å²) in [7, 11) is 0. The molecule has 0 aromatic carbocycles. The van der Waals surface area contributed by atoms with E-state index in [1.165, 1.54) is 0 Å². The molecule has 6 heavy (non-hydrogen) atoms. The van der Waals surface area contributed by atoms with Gasteiger partial charge in [0.05, 0.1) is 3.74 Å². The van der Waals surface area contributed by atoms with Crippen LogP contribution < -0.4 is 0 Å². The molecule has 0 atom stereocenters. The first-order valence-corrected chi connectivity index (χ1v) is 3.24. The number of alkyl halides is 2. The van der Waals surface area contributed by atoms with Crippen molar-refractivity contribution in [2.24, 2.45) is 0 Å². The molecule has 0 unspecified atom stereocenters. The van der Waals surface area contributed by atoms with Crippen LogP contribution in [0.1, 0.15) is 0 Å². The Morgan fingerprint density at radius 1 is 1.67 bits per heavy atom. The second kappa shape index (κ2) is 3.66. The van der Waals surface area contributed by atoms with Crippen molar-refractivity contribution in [3.8, 4) is 0 Å². The van der Waals surface area contributed by atoms with Gasteiger partial charge in [-0.2, -0.15) is 0 Å². The molecule has 0 aliphatic carbocycles. The zero-order valence-electron chi connectivity index (χ0n) is 3.12. The third-order valence-electron chi connectivity index (χ3n) is 0.244. The lowest BCUT2D eigenvalue weighted by molar-refractivity contribution is 1.75. The van der Waals surface area contributed by atoms with Gasteiger partial charge in [0.1, 0.15) is 0 Å². The van der Waals surface area contributed by atoms with Crippen LogP contribution in [0.15, 0.2) is 18.4 Å². The van der Waals surface area contributed by atoms with Crippen LogP contribution in [0.2, 0.25) is 0 Å². The average molecular weight is 212 g/mol. The summed E-state index contributed by atoms with van der Waals surface area (Å²) in [5.74, 6) is 0. The summed E-state index contributed by atoms with van der Waals surface area (Å²) in [5, 5.41) is 0. The third-order valence-corrected chi connectivity index (χ3v) is 0.773. The lowest BCUT2D eigenvalue weighted by atomic mass is 10.7. The molecule has 0 aromatic rings. The van der Waals surface area contributed by atoms with Gasteiger partial charge in [-0.3, -0.25) is 0 Å². The molecule has 0 rings (SSSR count). The highest BCUT2D eigenvalue weighted by Gasteiger charge is 1.81. The molecular weight excluding hydrogens is 208 g/mol. The highest BCUT2D eigenvalue weighted by Crippen LogP contribution is 2.06. The Kier molecular flexibility index (Phi) is 3.96. The van der Waals surface area contributed by atoms with Crippen molar-refractivity contribution in [2.75, 3.05) is 0 Å². The van der Waals surface area contributed by atoms with Gasteiger partial charge in [0.2, 0.25) is 0 Å². The van der Waals surface area contributed by atoms with Gasteiger partial charge < -0.3 is 0 Å². The van der Waals surface area contributed by atoms with E-state index in [-0.39, 0.29) is 3.74 Å². The predicted octanol–water partition coefficient (Wildman–Crippen LogP) is 2.44. The molecule has 0 aromatic heterocycles. The molecule has 34 valence electrons.